The van der Waals surface area contributed by atoms with E-state index in [2.05, 4.69) is 0 Å². The van der Waals surface area contributed by atoms with E-state index >= 15 is 0 Å². The van der Waals surface area contributed by atoms with Crippen molar-refractivity contribution in [3.8, 4) is 23.0 Å². The summed E-state index contributed by atoms with van der Waals surface area (Å²) in [5, 5.41) is 1.24. The maximum atomic E-state index is 5.93. The molecule has 2 aliphatic rings. The first-order valence-corrected chi connectivity index (χ1v) is 8.69. The first-order chi connectivity index (χ1) is 12.2. The van der Waals surface area contributed by atoms with Gasteiger partial charge in [0.05, 0.1) is 13.2 Å². The molecular weight excluding hydrogens is 367 g/mol. The summed E-state index contributed by atoms with van der Waals surface area (Å²) in [4.78, 5) is 0. The van der Waals surface area contributed by atoms with Crippen molar-refractivity contribution in [2.24, 2.45) is 0 Å². The topological polar surface area (TPSA) is 46.2 Å². The molecule has 7 heteroatoms. The largest absolute Gasteiger partial charge is 0.486 e. The lowest BCUT2D eigenvalue weighted by atomic mass is 10.2. The van der Waals surface area contributed by atoms with Gasteiger partial charge in [-0.25, -0.2) is 0 Å². The quantitative estimate of drug-likeness (QED) is 0.799. The minimum absolute atomic E-state index is 0.177. The molecule has 25 heavy (non-hydrogen) atoms. The molecule has 0 bridgehead atoms. The Labute approximate surface area is 155 Å². The molecular formula is C18H16Cl2O5. The van der Waals surface area contributed by atoms with E-state index in [1.54, 1.807) is 36.4 Å². The average molecular weight is 383 g/mol. The van der Waals surface area contributed by atoms with Gasteiger partial charge in [0.2, 0.25) is 0 Å². The molecule has 4 rings (SSSR count). The van der Waals surface area contributed by atoms with Crippen LogP contribution in [0.5, 0.6) is 23.0 Å². The highest BCUT2D eigenvalue weighted by molar-refractivity contribution is 6.31. The van der Waals surface area contributed by atoms with E-state index in [0.29, 0.717) is 59.5 Å². The van der Waals surface area contributed by atoms with E-state index in [4.69, 9.17) is 46.9 Å². The minimum Gasteiger partial charge on any atom is -0.486 e. The summed E-state index contributed by atoms with van der Waals surface area (Å²) in [6.07, 6.45) is -0.353. The number of halogens is 2. The molecule has 5 nitrogen and oxygen atoms in total. The second kappa shape index (κ2) is 7.20. The van der Waals surface area contributed by atoms with Gasteiger partial charge in [0, 0.05) is 22.2 Å². The zero-order chi connectivity index (χ0) is 17.2. The van der Waals surface area contributed by atoms with E-state index < -0.39 is 0 Å². The van der Waals surface area contributed by atoms with Crippen molar-refractivity contribution < 1.29 is 23.7 Å². The summed E-state index contributed by atoms with van der Waals surface area (Å²) >= 11 is 11.9. The molecule has 0 aromatic heterocycles. The molecule has 0 aliphatic carbocycles. The zero-order valence-corrected chi connectivity index (χ0v) is 14.8. The smallest absolute Gasteiger partial charge is 0.162 e. The Morgan fingerprint density at radius 2 is 1.24 bits per heavy atom. The Balaban J connectivity index is 1.26. The molecule has 2 aromatic rings. The van der Waals surface area contributed by atoms with Gasteiger partial charge in [-0.2, -0.15) is 0 Å². The van der Waals surface area contributed by atoms with Crippen molar-refractivity contribution in [2.45, 2.75) is 12.2 Å². The summed E-state index contributed by atoms with van der Waals surface area (Å²) in [6.45, 7) is 1.62. The number of ether oxygens (including phenoxy) is 5. The van der Waals surface area contributed by atoms with E-state index in [-0.39, 0.29) is 12.2 Å². The highest BCUT2D eigenvalue weighted by atomic mass is 35.5. The lowest BCUT2D eigenvalue weighted by Gasteiger charge is -2.29. The fraction of sp³-hybridized carbons (Fsp3) is 0.333. The molecule has 0 N–H and O–H groups in total. The number of benzene rings is 2. The van der Waals surface area contributed by atoms with Crippen molar-refractivity contribution >= 4 is 23.2 Å². The lowest BCUT2D eigenvalue weighted by Crippen LogP contribution is -2.37. The predicted molar refractivity (Wildman–Crippen MR) is 93.5 cm³/mol. The third kappa shape index (κ3) is 3.89. The fourth-order valence-corrected chi connectivity index (χ4v) is 3.00. The van der Waals surface area contributed by atoms with Crippen molar-refractivity contribution in [1.82, 2.24) is 0 Å². The third-order valence-electron chi connectivity index (χ3n) is 3.86. The Bertz CT molecular complexity index is 704. The second-order valence-electron chi connectivity index (χ2n) is 5.82. The molecule has 0 radical (unpaired) electrons. The molecule has 2 atom stereocenters. The van der Waals surface area contributed by atoms with E-state index in [1.165, 1.54) is 0 Å². The van der Waals surface area contributed by atoms with Crippen LogP contribution in [0, 0.1) is 0 Å². The molecule has 2 aromatic carbocycles. The molecule has 2 aliphatic heterocycles. The van der Waals surface area contributed by atoms with Crippen LogP contribution in [0.15, 0.2) is 36.4 Å². The van der Waals surface area contributed by atoms with Gasteiger partial charge in [-0.3, -0.25) is 0 Å². The monoisotopic (exact) mass is 382 g/mol. The number of hydrogen-bond acceptors (Lipinski definition) is 5. The van der Waals surface area contributed by atoms with E-state index in [9.17, 15) is 0 Å². The van der Waals surface area contributed by atoms with Gasteiger partial charge in [-0.1, -0.05) is 23.2 Å². The fourth-order valence-electron chi connectivity index (χ4n) is 2.67. The van der Waals surface area contributed by atoms with Crippen LogP contribution in [0.2, 0.25) is 10.0 Å². The number of hydrogen-bond donors (Lipinski definition) is 0. The van der Waals surface area contributed by atoms with Crippen LogP contribution >= 0.6 is 23.2 Å². The highest BCUT2D eigenvalue weighted by Crippen LogP contribution is 2.35. The van der Waals surface area contributed by atoms with Crippen LogP contribution in [-0.2, 0) is 4.74 Å². The maximum Gasteiger partial charge on any atom is 0.162 e. The summed E-state index contributed by atoms with van der Waals surface area (Å²) in [6, 6.07) is 10.6. The van der Waals surface area contributed by atoms with E-state index in [0.717, 1.165) is 0 Å². The molecule has 2 unspecified atom stereocenters. The van der Waals surface area contributed by atoms with Crippen molar-refractivity contribution in [3.05, 3.63) is 46.4 Å². The van der Waals surface area contributed by atoms with Crippen LogP contribution in [0.4, 0.5) is 0 Å². The summed E-state index contributed by atoms with van der Waals surface area (Å²) in [7, 11) is 0. The Morgan fingerprint density at radius 1 is 0.760 bits per heavy atom. The van der Waals surface area contributed by atoms with Gasteiger partial charge < -0.3 is 23.7 Å². The summed E-state index contributed by atoms with van der Waals surface area (Å²) < 4.78 is 28.7. The van der Waals surface area contributed by atoms with E-state index in [1.807, 2.05) is 0 Å². The van der Waals surface area contributed by atoms with Gasteiger partial charge in [-0.05, 0) is 24.3 Å². The van der Waals surface area contributed by atoms with Gasteiger partial charge in [0.15, 0.2) is 35.2 Å². The predicted octanol–water partition coefficient (Wildman–Crippen LogP) is 3.99. The van der Waals surface area contributed by atoms with Crippen molar-refractivity contribution in [1.29, 1.82) is 0 Å². The van der Waals surface area contributed by atoms with Crippen LogP contribution in [0.3, 0.4) is 0 Å². The normalized spacial score (nSPS) is 21.0. The zero-order valence-electron chi connectivity index (χ0n) is 13.2. The molecule has 2 heterocycles. The molecule has 0 spiro atoms. The van der Waals surface area contributed by atoms with Crippen LogP contribution < -0.4 is 18.9 Å². The number of fused-ring (bicyclic) bond motifs is 2. The maximum absolute atomic E-state index is 5.93. The molecule has 0 saturated heterocycles. The summed E-state index contributed by atoms with van der Waals surface area (Å²) in [5.41, 5.74) is 0. The first-order valence-electron chi connectivity index (χ1n) is 7.93. The number of rotatable bonds is 4. The van der Waals surface area contributed by atoms with Gasteiger partial charge in [0.1, 0.15) is 13.2 Å². The van der Waals surface area contributed by atoms with Crippen LogP contribution in [0.1, 0.15) is 0 Å². The lowest BCUT2D eigenvalue weighted by molar-refractivity contribution is -0.0318. The van der Waals surface area contributed by atoms with Crippen LogP contribution in [-0.4, -0.2) is 38.6 Å². The second-order valence-corrected chi connectivity index (χ2v) is 6.69. The van der Waals surface area contributed by atoms with Gasteiger partial charge in [-0.15, -0.1) is 0 Å². The standard InChI is InChI=1S/C18H16Cl2O5/c19-11-1-3-15-17(5-11)22-9-13(24-15)7-21-8-14-10-23-18-6-12(20)2-4-16(18)25-14/h1-6,13-14H,7-10H2. The Hall–Kier alpha value is -1.82. The molecule has 132 valence electrons. The van der Waals surface area contributed by atoms with Gasteiger partial charge in [0.25, 0.3) is 0 Å². The SMILES string of the molecule is Clc1ccc2c(c1)OCC(COCC1COc3cc(Cl)ccc3O1)O2. The Kier molecular flexibility index (Phi) is 4.79. The third-order valence-corrected chi connectivity index (χ3v) is 4.33. The van der Waals surface area contributed by atoms with Gasteiger partial charge >= 0.3 is 0 Å². The molecule has 0 saturated carbocycles. The highest BCUT2D eigenvalue weighted by Gasteiger charge is 2.24. The van der Waals surface area contributed by atoms with Crippen molar-refractivity contribution in [3.63, 3.8) is 0 Å². The summed E-state index contributed by atoms with van der Waals surface area (Å²) in [5.74, 6) is 2.66. The first kappa shape index (κ1) is 16.6. The minimum atomic E-state index is -0.177. The average Bonchev–Trinajstić information content (AvgIpc) is 2.62. The molecule has 0 amide bonds. The van der Waals surface area contributed by atoms with Crippen molar-refractivity contribution in [2.75, 3.05) is 26.4 Å². The molecule has 0 fully saturated rings. The van der Waals surface area contributed by atoms with Crippen LogP contribution in [0.25, 0.3) is 0 Å². The Morgan fingerprint density at radius 3 is 1.72 bits per heavy atom.